The van der Waals surface area contributed by atoms with E-state index in [4.69, 9.17) is 0 Å². The van der Waals surface area contributed by atoms with Crippen LogP contribution in [-0.2, 0) is 39.0 Å². The Morgan fingerprint density at radius 2 is 0.519 bits per heavy atom. The monoisotopic (exact) mass is 1810 g/mol. The van der Waals surface area contributed by atoms with Crippen LogP contribution in [0.4, 0.5) is 0 Å². The number of aromatic nitrogens is 6. The molecule has 0 saturated heterocycles. The Bertz CT molecular complexity index is 5720. The van der Waals surface area contributed by atoms with Crippen LogP contribution >= 0.6 is 63.7 Å². The van der Waals surface area contributed by atoms with E-state index < -0.39 is 0 Å². The smallest absolute Gasteiger partial charge is 0.333 e. The van der Waals surface area contributed by atoms with Crippen LogP contribution in [-0.4, -0.2) is 29.9 Å². The molecule has 0 fully saturated rings. The Hall–Kier alpha value is -10.5. The van der Waals surface area contributed by atoms with Crippen LogP contribution in [0.5, 0.6) is 0 Å². The molecular formula is C96H55Br4N6Rh2-4. The van der Waals surface area contributed by atoms with Crippen molar-refractivity contribution in [1.29, 1.82) is 0 Å². The molecule has 108 heavy (non-hydrogen) atoms. The SMILES string of the molecule is Brc1cc(-c2ccccn2)[c-]cc1-c1ccccc1-c1cc(-c2ccc[c-]c2-c2c[c-]c(-c3ncccn3)[c-]c2)cc(-c2ccccc2-c2c[c-]c(-c3ccccn3)cc2Br)c1.Brc1cc(-c2ccccn2)[c-]cc1-c1ccccc1-c1cccc(-c2ccccc2-c2c[c-]c(-c3ccccn3)cc2Br)c1.[Rh+3].[Rh]. The van der Waals surface area contributed by atoms with E-state index in [1.807, 2.05) is 97.1 Å². The van der Waals surface area contributed by atoms with Gasteiger partial charge in [-0.3, -0.25) is 12.1 Å². The second-order valence-corrected chi connectivity index (χ2v) is 28.2. The molecule has 0 amide bonds. The van der Waals surface area contributed by atoms with Gasteiger partial charge in [0.1, 0.15) is 0 Å². The van der Waals surface area contributed by atoms with Crippen LogP contribution in [0.3, 0.4) is 0 Å². The van der Waals surface area contributed by atoms with Crippen molar-refractivity contribution in [2.45, 2.75) is 0 Å². The maximum Gasteiger partial charge on any atom is 3.00 e. The molecule has 519 valence electrons. The first-order chi connectivity index (χ1) is 52.2. The number of hydrogen-bond acceptors (Lipinski definition) is 6. The molecule has 0 aliphatic rings. The molecule has 5 aromatic heterocycles. The fourth-order valence-corrected chi connectivity index (χ4v) is 15.4. The summed E-state index contributed by atoms with van der Waals surface area (Å²) in [5.74, 6) is 0.581. The molecule has 0 bridgehead atoms. The summed E-state index contributed by atoms with van der Waals surface area (Å²) < 4.78 is 3.92. The molecule has 17 rings (SSSR count). The zero-order chi connectivity index (χ0) is 71.7. The van der Waals surface area contributed by atoms with Crippen molar-refractivity contribution >= 4 is 63.7 Å². The van der Waals surface area contributed by atoms with E-state index in [0.29, 0.717) is 11.4 Å². The van der Waals surface area contributed by atoms with Gasteiger partial charge in [0.25, 0.3) is 0 Å². The molecule has 5 heterocycles. The van der Waals surface area contributed by atoms with Crippen molar-refractivity contribution in [2.24, 2.45) is 0 Å². The minimum Gasteiger partial charge on any atom is -0.333 e. The van der Waals surface area contributed by atoms with Crippen molar-refractivity contribution < 1.29 is 39.0 Å². The predicted molar refractivity (Wildman–Crippen MR) is 444 cm³/mol. The molecule has 0 aliphatic heterocycles. The van der Waals surface area contributed by atoms with Gasteiger partial charge in [-0.2, -0.15) is 11.6 Å². The zero-order valence-corrected chi connectivity index (χ0v) is 66.7. The van der Waals surface area contributed by atoms with Gasteiger partial charge in [0.15, 0.2) is 0 Å². The fraction of sp³-hybridized carbons (Fsp3) is 0. The van der Waals surface area contributed by atoms with Crippen LogP contribution in [0.1, 0.15) is 0 Å². The van der Waals surface area contributed by atoms with E-state index >= 15 is 0 Å². The van der Waals surface area contributed by atoms with Gasteiger partial charge in [-0.05, 0) is 116 Å². The van der Waals surface area contributed by atoms with Crippen LogP contribution in [0.25, 0.3) is 168 Å². The summed E-state index contributed by atoms with van der Waals surface area (Å²) in [6.45, 7) is 0. The van der Waals surface area contributed by atoms with Crippen molar-refractivity contribution in [3.05, 3.63) is 395 Å². The minimum absolute atomic E-state index is 0. The van der Waals surface area contributed by atoms with Gasteiger partial charge in [-0.1, -0.05) is 308 Å². The predicted octanol–water partition coefficient (Wildman–Crippen LogP) is 26.4. The summed E-state index contributed by atoms with van der Waals surface area (Å²) in [5.41, 5.74) is 29.4. The Kier molecular flexibility index (Phi) is 23.8. The van der Waals surface area contributed by atoms with Gasteiger partial charge in [-0.15, -0.1) is 119 Å². The summed E-state index contributed by atoms with van der Waals surface area (Å²) in [4.78, 5) is 26.9. The van der Waals surface area contributed by atoms with Crippen LogP contribution < -0.4 is 0 Å². The molecule has 1 radical (unpaired) electrons. The normalized spacial score (nSPS) is 10.8. The van der Waals surface area contributed by atoms with E-state index in [1.54, 1.807) is 43.2 Å². The summed E-state index contributed by atoms with van der Waals surface area (Å²) >= 11 is 15.5. The maximum absolute atomic E-state index is 4.56. The molecule has 6 nitrogen and oxygen atoms in total. The average Bonchev–Trinajstić information content (AvgIpc) is 0.776. The Morgan fingerprint density at radius 1 is 0.222 bits per heavy atom. The summed E-state index contributed by atoms with van der Waals surface area (Å²) in [6, 6.07) is 126. The van der Waals surface area contributed by atoms with Gasteiger partial charge >= 0.3 is 19.5 Å². The first-order valence-corrected chi connectivity index (χ1v) is 37.3. The number of pyridine rings is 4. The number of benzene rings is 12. The fourth-order valence-electron chi connectivity index (χ4n) is 13.2. The van der Waals surface area contributed by atoms with Crippen molar-refractivity contribution in [2.75, 3.05) is 0 Å². The average molecular weight is 1820 g/mol. The van der Waals surface area contributed by atoms with Crippen molar-refractivity contribution in [3.8, 4) is 168 Å². The van der Waals surface area contributed by atoms with Crippen molar-refractivity contribution in [3.63, 3.8) is 0 Å². The Balaban J connectivity index is 0.000000188. The molecule has 0 spiro atoms. The third-order valence-corrected chi connectivity index (χ3v) is 20.9. The van der Waals surface area contributed by atoms with Crippen LogP contribution in [0, 0.1) is 42.5 Å². The third-order valence-electron chi connectivity index (χ3n) is 18.3. The second kappa shape index (κ2) is 34.6. The maximum atomic E-state index is 4.56. The summed E-state index contributed by atoms with van der Waals surface area (Å²) in [7, 11) is 0. The molecule has 12 aromatic carbocycles. The second-order valence-electron chi connectivity index (χ2n) is 24.8. The van der Waals surface area contributed by atoms with E-state index in [2.05, 4.69) is 330 Å². The largest absolute Gasteiger partial charge is 3.00 e. The zero-order valence-electron chi connectivity index (χ0n) is 57.1. The molecule has 12 heteroatoms. The molecule has 0 saturated carbocycles. The number of nitrogens with zero attached hydrogens (tertiary/aromatic N) is 6. The van der Waals surface area contributed by atoms with E-state index in [0.717, 1.165) is 174 Å². The van der Waals surface area contributed by atoms with Crippen LogP contribution in [0.2, 0.25) is 0 Å². The first-order valence-electron chi connectivity index (χ1n) is 34.1. The standard InChI is InChI=1S/C56H31Br2N4.C40H24Br2N2.2Rh/c57-52-35-39(54-18-7-9-28-59-54)24-26-50(52)48-16-5-3-14-46(48)42-32-41(45-13-2-1-12-44(45)37-20-22-38(23-21-37)56-61-30-11-31-62-56)33-43(34-42)47-15-4-6-17-49(47)51-27-25-40(36-53(51)58)55-19-8-10-29-60-55;41-37-25-29(39-16-5-7-22-43-39)18-20-35(37)33-14-3-1-12-31(33)27-10-9-11-28(24-27)32-13-2-4-15-34(32)36-21-19-30(26-38(36)42)40-17-6-8-23-44-40;;/h1-11,13-21,26-36H;1-17,20-26H;;/q-5;-2;;+3. The molecule has 0 atom stereocenters. The molecule has 0 unspecified atom stereocenters. The number of hydrogen-bond donors (Lipinski definition) is 0. The molecular weight excluding hydrogens is 1760 g/mol. The van der Waals surface area contributed by atoms with Gasteiger partial charge in [0.05, 0.1) is 0 Å². The van der Waals surface area contributed by atoms with Gasteiger partial charge < -0.3 is 29.9 Å². The molecule has 0 N–H and O–H groups in total. The number of halogens is 4. The summed E-state index contributed by atoms with van der Waals surface area (Å²) in [5, 5.41) is 0. The summed E-state index contributed by atoms with van der Waals surface area (Å²) in [6.07, 6.45) is 10.7. The Labute approximate surface area is 688 Å². The van der Waals surface area contributed by atoms with Gasteiger partial charge in [0.2, 0.25) is 0 Å². The van der Waals surface area contributed by atoms with E-state index in [-0.39, 0.29) is 39.0 Å². The quantitative estimate of drug-likeness (QED) is 0.0752. The van der Waals surface area contributed by atoms with Gasteiger partial charge in [0, 0.05) is 56.7 Å². The Morgan fingerprint density at radius 3 is 0.852 bits per heavy atom. The molecule has 17 aromatic rings. The minimum atomic E-state index is 0. The van der Waals surface area contributed by atoms with Crippen molar-refractivity contribution in [1.82, 2.24) is 29.9 Å². The first kappa shape index (κ1) is 74.3. The third kappa shape index (κ3) is 16.3. The van der Waals surface area contributed by atoms with Gasteiger partial charge in [-0.25, -0.2) is 23.3 Å². The van der Waals surface area contributed by atoms with E-state index in [1.165, 1.54) is 0 Å². The number of rotatable bonds is 15. The van der Waals surface area contributed by atoms with E-state index in [9.17, 15) is 0 Å². The topological polar surface area (TPSA) is 77.3 Å². The van der Waals surface area contributed by atoms with Crippen LogP contribution in [0.15, 0.2) is 352 Å². The molecule has 0 aliphatic carbocycles.